The smallest absolute Gasteiger partial charge is 0.182 e. The van der Waals surface area contributed by atoms with Gasteiger partial charge in [-0.3, -0.25) is 4.79 Å². The third kappa shape index (κ3) is 1.95. The first-order valence-corrected chi connectivity index (χ1v) is 4.60. The van der Waals surface area contributed by atoms with Crippen molar-refractivity contribution in [2.45, 2.75) is 25.4 Å². The van der Waals surface area contributed by atoms with Gasteiger partial charge in [0.2, 0.25) is 0 Å². The standard InChI is InChI=1S/C8H12N4O2/c1-12-10-7(9-11-12)4-6(13)8(14)5-2-3-5/h5,8,14H,2-4H2,1H3. The van der Waals surface area contributed by atoms with E-state index in [4.69, 9.17) is 0 Å². The second kappa shape index (κ2) is 3.45. The molecule has 6 nitrogen and oxygen atoms in total. The maximum absolute atomic E-state index is 11.4. The summed E-state index contributed by atoms with van der Waals surface area (Å²) in [6.07, 6.45) is 1.13. The molecule has 14 heavy (non-hydrogen) atoms. The Labute approximate surface area is 80.9 Å². The molecular weight excluding hydrogens is 184 g/mol. The van der Waals surface area contributed by atoms with Gasteiger partial charge in [-0.25, -0.2) is 0 Å². The Morgan fingerprint density at radius 3 is 2.93 bits per heavy atom. The number of ketones is 1. The van der Waals surface area contributed by atoms with E-state index in [2.05, 4.69) is 15.4 Å². The molecule has 2 rings (SSSR count). The summed E-state index contributed by atoms with van der Waals surface area (Å²) in [5, 5.41) is 20.7. The number of aliphatic hydroxyl groups excluding tert-OH is 1. The summed E-state index contributed by atoms with van der Waals surface area (Å²) in [4.78, 5) is 12.7. The fraction of sp³-hybridized carbons (Fsp3) is 0.750. The van der Waals surface area contributed by atoms with Crippen LogP contribution in [0.1, 0.15) is 18.7 Å². The van der Waals surface area contributed by atoms with E-state index < -0.39 is 6.10 Å². The Hall–Kier alpha value is -1.30. The van der Waals surface area contributed by atoms with E-state index in [0.717, 1.165) is 12.8 Å². The zero-order valence-corrected chi connectivity index (χ0v) is 7.92. The van der Waals surface area contributed by atoms with E-state index in [1.807, 2.05) is 0 Å². The summed E-state index contributed by atoms with van der Waals surface area (Å²) in [5.74, 6) is 0.330. The molecule has 0 radical (unpaired) electrons. The lowest BCUT2D eigenvalue weighted by atomic mass is 10.1. The number of aromatic nitrogens is 4. The first-order chi connectivity index (χ1) is 6.66. The number of aliphatic hydroxyl groups is 1. The second-order valence-corrected chi connectivity index (χ2v) is 3.62. The van der Waals surface area contributed by atoms with Crippen LogP contribution in [0.4, 0.5) is 0 Å². The molecule has 1 saturated carbocycles. The minimum Gasteiger partial charge on any atom is -0.385 e. The van der Waals surface area contributed by atoms with Crippen molar-refractivity contribution in [1.82, 2.24) is 20.2 Å². The molecule has 1 heterocycles. The molecule has 1 fully saturated rings. The van der Waals surface area contributed by atoms with Crippen LogP contribution < -0.4 is 0 Å². The minimum atomic E-state index is -0.834. The number of rotatable bonds is 4. The van der Waals surface area contributed by atoms with Crippen molar-refractivity contribution in [2.75, 3.05) is 0 Å². The molecule has 1 aromatic rings. The van der Waals surface area contributed by atoms with Gasteiger partial charge in [0.05, 0.1) is 13.5 Å². The van der Waals surface area contributed by atoms with Crippen LogP contribution in [0, 0.1) is 5.92 Å². The van der Waals surface area contributed by atoms with Crippen molar-refractivity contribution in [1.29, 1.82) is 0 Å². The number of Topliss-reactive ketones (excluding diaryl/α,β-unsaturated/α-hetero) is 1. The van der Waals surface area contributed by atoms with Crippen molar-refractivity contribution >= 4 is 5.78 Å². The SMILES string of the molecule is Cn1nnc(CC(=O)C(O)C2CC2)n1. The zero-order chi connectivity index (χ0) is 10.1. The van der Waals surface area contributed by atoms with Gasteiger partial charge in [0.25, 0.3) is 0 Å². The summed E-state index contributed by atoms with van der Waals surface area (Å²) in [7, 11) is 1.64. The molecule has 1 atom stereocenters. The number of hydrogen-bond acceptors (Lipinski definition) is 5. The maximum atomic E-state index is 11.4. The highest BCUT2D eigenvalue weighted by Gasteiger charge is 2.34. The molecule has 0 aliphatic heterocycles. The van der Waals surface area contributed by atoms with E-state index in [0.29, 0.717) is 5.82 Å². The third-order valence-electron chi connectivity index (χ3n) is 2.28. The number of nitrogens with zero attached hydrogens (tertiary/aromatic N) is 4. The molecule has 1 aliphatic rings. The highest BCUT2D eigenvalue weighted by Crippen LogP contribution is 2.33. The van der Waals surface area contributed by atoms with Crippen LogP contribution in [-0.2, 0) is 18.3 Å². The van der Waals surface area contributed by atoms with Gasteiger partial charge in [0.1, 0.15) is 6.10 Å². The number of tetrazole rings is 1. The lowest BCUT2D eigenvalue weighted by Crippen LogP contribution is -2.24. The molecule has 6 heteroatoms. The average Bonchev–Trinajstić information content (AvgIpc) is 2.91. The minimum absolute atomic E-state index is 0.0749. The van der Waals surface area contributed by atoms with Crippen LogP contribution in [0.2, 0.25) is 0 Å². The third-order valence-corrected chi connectivity index (χ3v) is 2.28. The predicted molar refractivity (Wildman–Crippen MR) is 46.2 cm³/mol. The molecule has 1 N–H and O–H groups in total. The van der Waals surface area contributed by atoms with Crippen molar-refractivity contribution < 1.29 is 9.90 Å². The van der Waals surface area contributed by atoms with Crippen molar-refractivity contribution in [3.63, 3.8) is 0 Å². The highest BCUT2D eigenvalue weighted by molar-refractivity contribution is 5.84. The Morgan fingerprint density at radius 2 is 2.43 bits per heavy atom. The Morgan fingerprint density at radius 1 is 1.71 bits per heavy atom. The summed E-state index contributed by atoms with van der Waals surface area (Å²) in [6.45, 7) is 0. The Kier molecular flexibility index (Phi) is 2.28. The van der Waals surface area contributed by atoms with Crippen LogP contribution in [0.3, 0.4) is 0 Å². The highest BCUT2D eigenvalue weighted by atomic mass is 16.3. The number of aryl methyl sites for hydroxylation is 1. The maximum Gasteiger partial charge on any atom is 0.182 e. The average molecular weight is 196 g/mol. The summed E-state index contributed by atoms with van der Waals surface area (Å²) in [6, 6.07) is 0. The van der Waals surface area contributed by atoms with Crippen molar-refractivity contribution in [3.05, 3.63) is 5.82 Å². The lowest BCUT2D eigenvalue weighted by Gasteiger charge is -2.04. The van der Waals surface area contributed by atoms with Crippen LogP contribution in [0.15, 0.2) is 0 Å². The van der Waals surface area contributed by atoms with Gasteiger partial charge >= 0.3 is 0 Å². The normalized spacial score (nSPS) is 18.1. The second-order valence-electron chi connectivity index (χ2n) is 3.62. The van der Waals surface area contributed by atoms with E-state index in [1.165, 1.54) is 4.80 Å². The number of carbonyl (C=O) groups is 1. The first-order valence-electron chi connectivity index (χ1n) is 4.60. The van der Waals surface area contributed by atoms with E-state index in [1.54, 1.807) is 7.05 Å². The van der Waals surface area contributed by atoms with Crippen LogP contribution in [-0.4, -0.2) is 37.2 Å². The molecule has 0 spiro atoms. The molecule has 0 saturated heterocycles. The molecule has 0 aromatic carbocycles. The monoisotopic (exact) mass is 196 g/mol. The molecule has 0 amide bonds. The topological polar surface area (TPSA) is 80.9 Å². The summed E-state index contributed by atoms with van der Waals surface area (Å²) >= 11 is 0. The Bertz CT molecular complexity index is 345. The van der Waals surface area contributed by atoms with E-state index >= 15 is 0 Å². The largest absolute Gasteiger partial charge is 0.385 e. The van der Waals surface area contributed by atoms with Gasteiger partial charge in [0, 0.05) is 0 Å². The molecule has 0 bridgehead atoms. The number of carbonyl (C=O) groups excluding carboxylic acids is 1. The van der Waals surface area contributed by atoms with Gasteiger partial charge in [-0.05, 0) is 24.0 Å². The zero-order valence-electron chi connectivity index (χ0n) is 7.92. The van der Waals surface area contributed by atoms with E-state index in [9.17, 15) is 9.90 Å². The van der Waals surface area contributed by atoms with Crippen LogP contribution in [0.5, 0.6) is 0 Å². The van der Waals surface area contributed by atoms with Gasteiger partial charge in [-0.1, -0.05) is 0 Å². The van der Waals surface area contributed by atoms with Gasteiger partial charge in [0.15, 0.2) is 11.6 Å². The Balaban J connectivity index is 1.93. The summed E-state index contributed by atoms with van der Waals surface area (Å²) in [5.41, 5.74) is 0. The summed E-state index contributed by atoms with van der Waals surface area (Å²) < 4.78 is 0. The molecule has 1 aromatic heterocycles. The van der Waals surface area contributed by atoms with Crippen molar-refractivity contribution in [2.24, 2.45) is 13.0 Å². The van der Waals surface area contributed by atoms with Gasteiger partial charge in [-0.15, -0.1) is 10.2 Å². The van der Waals surface area contributed by atoms with Crippen molar-refractivity contribution in [3.8, 4) is 0 Å². The lowest BCUT2D eigenvalue weighted by molar-refractivity contribution is -0.127. The molecule has 76 valence electrons. The fourth-order valence-corrected chi connectivity index (χ4v) is 1.33. The van der Waals surface area contributed by atoms with Crippen LogP contribution >= 0.6 is 0 Å². The fourth-order valence-electron chi connectivity index (χ4n) is 1.33. The van der Waals surface area contributed by atoms with Crippen LogP contribution in [0.25, 0.3) is 0 Å². The molecule has 1 aliphatic carbocycles. The quantitative estimate of drug-likeness (QED) is 0.674. The van der Waals surface area contributed by atoms with E-state index in [-0.39, 0.29) is 18.1 Å². The molecular formula is C8H12N4O2. The van der Waals surface area contributed by atoms with Gasteiger partial charge < -0.3 is 5.11 Å². The predicted octanol–water partition coefficient (Wildman–Crippen LogP) is -0.907. The molecule has 1 unspecified atom stereocenters. The first kappa shape index (κ1) is 9.26. The number of hydrogen-bond donors (Lipinski definition) is 1. The van der Waals surface area contributed by atoms with Gasteiger partial charge in [-0.2, -0.15) is 4.80 Å².